The molecule has 0 saturated heterocycles. The van der Waals surface area contributed by atoms with Gasteiger partial charge in [-0.25, -0.2) is 4.79 Å². The molecule has 74 valence electrons. The lowest BCUT2D eigenvalue weighted by atomic mass is 10.3. The summed E-state index contributed by atoms with van der Waals surface area (Å²) in [7, 11) is 0. The maximum atomic E-state index is 10.7. The van der Waals surface area contributed by atoms with Gasteiger partial charge in [-0.15, -0.1) is 5.10 Å². The molecule has 1 heterocycles. The Hall–Kier alpha value is -1.91. The standard InChI is InChI=1S/C9H11N3O2/c1-2-3-5-10-8-7(9(13)14)4-6-11-12-8/h2-4,6H,5H2,1H3,(H,10,12)(H,13,14)/b3-2+. The number of hydrogen-bond donors (Lipinski definition) is 2. The largest absolute Gasteiger partial charge is 0.478 e. The summed E-state index contributed by atoms with van der Waals surface area (Å²) in [6, 6.07) is 1.41. The molecule has 0 saturated carbocycles. The number of rotatable bonds is 4. The van der Waals surface area contributed by atoms with Crippen molar-refractivity contribution in [1.82, 2.24) is 10.2 Å². The van der Waals surface area contributed by atoms with Crippen LogP contribution in [0.2, 0.25) is 0 Å². The number of carboxylic acids is 1. The monoisotopic (exact) mass is 193 g/mol. The van der Waals surface area contributed by atoms with Gasteiger partial charge in [0.1, 0.15) is 5.56 Å². The summed E-state index contributed by atoms with van der Waals surface area (Å²) >= 11 is 0. The van der Waals surface area contributed by atoms with E-state index in [1.54, 1.807) is 0 Å². The zero-order valence-corrected chi connectivity index (χ0v) is 7.77. The maximum absolute atomic E-state index is 10.7. The molecule has 0 aliphatic carbocycles. The van der Waals surface area contributed by atoms with Crippen molar-refractivity contribution in [3.8, 4) is 0 Å². The molecule has 0 aliphatic rings. The van der Waals surface area contributed by atoms with Crippen molar-refractivity contribution in [3.63, 3.8) is 0 Å². The predicted molar refractivity (Wildman–Crippen MR) is 52.3 cm³/mol. The lowest BCUT2D eigenvalue weighted by Gasteiger charge is -2.03. The van der Waals surface area contributed by atoms with Gasteiger partial charge in [0.2, 0.25) is 0 Å². The maximum Gasteiger partial charge on any atom is 0.339 e. The molecule has 0 aromatic carbocycles. The Morgan fingerprint density at radius 1 is 1.71 bits per heavy atom. The number of hydrogen-bond acceptors (Lipinski definition) is 4. The summed E-state index contributed by atoms with van der Waals surface area (Å²) < 4.78 is 0. The Balaban J connectivity index is 2.79. The van der Waals surface area contributed by atoms with Gasteiger partial charge in [0.15, 0.2) is 5.82 Å². The van der Waals surface area contributed by atoms with E-state index in [-0.39, 0.29) is 11.4 Å². The fourth-order valence-corrected chi connectivity index (χ4v) is 0.908. The Bertz CT molecular complexity index is 350. The molecule has 1 aromatic rings. The first-order chi connectivity index (χ1) is 6.75. The number of carboxylic acid groups (broad SMARTS) is 1. The van der Waals surface area contributed by atoms with Crippen LogP contribution in [-0.2, 0) is 0 Å². The van der Waals surface area contributed by atoms with E-state index in [0.29, 0.717) is 6.54 Å². The molecule has 0 amide bonds. The van der Waals surface area contributed by atoms with Crippen molar-refractivity contribution in [2.75, 3.05) is 11.9 Å². The summed E-state index contributed by atoms with van der Waals surface area (Å²) in [6.07, 6.45) is 5.08. The Morgan fingerprint density at radius 2 is 2.50 bits per heavy atom. The molecule has 0 spiro atoms. The van der Waals surface area contributed by atoms with Gasteiger partial charge in [-0.05, 0) is 13.0 Å². The molecule has 5 heteroatoms. The second-order valence-corrected chi connectivity index (χ2v) is 2.55. The lowest BCUT2D eigenvalue weighted by molar-refractivity contribution is 0.0697. The summed E-state index contributed by atoms with van der Waals surface area (Å²) in [5, 5.41) is 19.0. The summed E-state index contributed by atoms with van der Waals surface area (Å²) in [4.78, 5) is 10.7. The van der Waals surface area contributed by atoms with Gasteiger partial charge < -0.3 is 10.4 Å². The molecular formula is C9H11N3O2. The fourth-order valence-electron chi connectivity index (χ4n) is 0.908. The van der Waals surface area contributed by atoms with Gasteiger partial charge in [-0.1, -0.05) is 12.2 Å². The minimum atomic E-state index is -1.01. The van der Waals surface area contributed by atoms with Crippen LogP contribution in [0.5, 0.6) is 0 Å². The van der Waals surface area contributed by atoms with Gasteiger partial charge in [0.05, 0.1) is 6.20 Å². The zero-order chi connectivity index (χ0) is 10.4. The minimum absolute atomic E-state index is 0.129. The van der Waals surface area contributed by atoms with E-state index >= 15 is 0 Å². The van der Waals surface area contributed by atoms with Crippen molar-refractivity contribution in [2.45, 2.75) is 6.92 Å². The Labute approximate surface area is 81.5 Å². The molecule has 14 heavy (non-hydrogen) atoms. The van der Waals surface area contributed by atoms with Crippen LogP contribution in [0.3, 0.4) is 0 Å². The second kappa shape index (κ2) is 4.96. The smallest absolute Gasteiger partial charge is 0.339 e. The normalized spacial score (nSPS) is 10.4. The lowest BCUT2D eigenvalue weighted by Crippen LogP contribution is -2.08. The quantitative estimate of drug-likeness (QED) is 0.702. The molecule has 5 nitrogen and oxygen atoms in total. The van der Waals surface area contributed by atoms with E-state index in [1.165, 1.54) is 12.3 Å². The third-order valence-electron chi connectivity index (χ3n) is 1.57. The summed E-state index contributed by atoms with van der Waals surface area (Å²) in [6.45, 7) is 2.42. The first-order valence-electron chi connectivity index (χ1n) is 4.15. The van der Waals surface area contributed by atoms with Crippen molar-refractivity contribution in [1.29, 1.82) is 0 Å². The van der Waals surface area contributed by atoms with Gasteiger partial charge in [0, 0.05) is 6.54 Å². The summed E-state index contributed by atoms with van der Waals surface area (Å²) in [5.41, 5.74) is 0.129. The second-order valence-electron chi connectivity index (χ2n) is 2.55. The van der Waals surface area contributed by atoms with Crippen LogP contribution in [0.15, 0.2) is 24.4 Å². The van der Waals surface area contributed by atoms with Crippen molar-refractivity contribution in [2.24, 2.45) is 0 Å². The Kier molecular flexibility index (Phi) is 3.60. The van der Waals surface area contributed by atoms with E-state index in [0.717, 1.165) is 0 Å². The highest BCUT2D eigenvalue weighted by Gasteiger charge is 2.09. The van der Waals surface area contributed by atoms with E-state index in [1.807, 2.05) is 19.1 Å². The molecular weight excluding hydrogens is 182 g/mol. The SMILES string of the molecule is C/C=C/CNc1nnccc1C(=O)O. The van der Waals surface area contributed by atoms with Crippen molar-refractivity contribution >= 4 is 11.8 Å². The average Bonchev–Trinajstić information content (AvgIpc) is 2.19. The van der Waals surface area contributed by atoms with E-state index in [4.69, 9.17) is 5.11 Å². The Morgan fingerprint density at radius 3 is 3.14 bits per heavy atom. The number of aromatic nitrogens is 2. The van der Waals surface area contributed by atoms with Gasteiger partial charge in [0.25, 0.3) is 0 Å². The number of anilines is 1. The highest BCUT2D eigenvalue weighted by molar-refractivity contribution is 5.92. The van der Waals surface area contributed by atoms with E-state index in [2.05, 4.69) is 15.5 Å². The van der Waals surface area contributed by atoms with Gasteiger partial charge >= 0.3 is 5.97 Å². The number of carbonyl (C=O) groups is 1. The highest BCUT2D eigenvalue weighted by atomic mass is 16.4. The number of nitrogens with one attached hydrogen (secondary N) is 1. The van der Waals surface area contributed by atoms with Crippen LogP contribution in [0, 0.1) is 0 Å². The third-order valence-corrected chi connectivity index (χ3v) is 1.57. The topological polar surface area (TPSA) is 75.1 Å². The molecule has 0 aliphatic heterocycles. The van der Waals surface area contributed by atoms with Crippen molar-refractivity contribution in [3.05, 3.63) is 30.0 Å². The number of allylic oxidation sites excluding steroid dienone is 1. The van der Waals surface area contributed by atoms with Crippen LogP contribution in [0.1, 0.15) is 17.3 Å². The highest BCUT2D eigenvalue weighted by Crippen LogP contribution is 2.08. The molecule has 0 unspecified atom stereocenters. The molecule has 2 N–H and O–H groups in total. The van der Waals surface area contributed by atoms with E-state index in [9.17, 15) is 4.79 Å². The van der Waals surface area contributed by atoms with Gasteiger partial charge in [-0.3, -0.25) is 0 Å². The van der Waals surface area contributed by atoms with Gasteiger partial charge in [-0.2, -0.15) is 5.10 Å². The third kappa shape index (κ3) is 2.55. The van der Waals surface area contributed by atoms with Crippen LogP contribution in [0.4, 0.5) is 5.82 Å². The molecule has 0 atom stereocenters. The first-order valence-corrected chi connectivity index (χ1v) is 4.15. The van der Waals surface area contributed by atoms with E-state index < -0.39 is 5.97 Å². The molecule has 1 aromatic heterocycles. The molecule has 0 bridgehead atoms. The van der Waals surface area contributed by atoms with Crippen molar-refractivity contribution < 1.29 is 9.90 Å². The van der Waals surface area contributed by atoms with Crippen LogP contribution in [0.25, 0.3) is 0 Å². The average molecular weight is 193 g/mol. The molecule has 0 fully saturated rings. The molecule has 0 radical (unpaired) electrons. The van der Waals surface area contributed by atoms with Crippen LogP contribution >= 0.6 is 0 Å². The number of nitrogens with zero attached hydrogens (tertiary/aromatic N) is 2. The molecule has 1 rings (SSSR count). The predicted octanol–water partition coefficient (Wildman–Crippen LogP) is 1.16. The van der Waals surface area contributed by atoms with Crippen LogP contribution < -0.4 is 5.32 Å². The summed E-state index contributed by atoms with van der Waals surface area (Å²) in [5.74, 6) is -0.721. The fraction of sp³-hybridized carbons (Fsp3) is 0.222. The number of aromatic carboxylic acids is 1. The van der Waals surface area contributed by atoms with Crippen LogP contribution in [-0.4, -0.2) is 27.8 Å². The zero-order valence-electron chi connectivity index (χ0n) is 7.77. The minimum Gasteiger partial charge on any atom is -0.478 e. The first kappa shape index (κ1) is 10.2.